The number of halogens is 1. The standard InChI is InChI=1S/C18H17FN2OS/c1-2-9-22-17-8-5-13(10-15(17)20)18-21-16(11-23-18)12-3-6-14(19)7-4-12/h3-8,10-11H,2,9,20H2,1H3. The average Bonchev–Trinajstić information content (AvgIpc) is 3.04. The van der Waals surface area contributed by atoms with Crippen LogP contribution in [0.2, 0.25) is 0 Å². The molecule has 0 bridgehead atoms. The van der Waals surface area contributed by atoms with Gasteiger partial charge in [-0.05, 0) is 48.9 Å². The molecule has 2 aromatic carbocycles. The minimum Gasteiger partial charge on any atom is -0.491 e. The highest BCUT2D eigenvalue weighted by Gasteiger charge is 2.09. The smallest absolute Gasteiger partial charge is 0.142 e. The van der Waals surface area contributed by atoms with Crippen molar-refractivity contribution in [3.63, 3.8) is 0 Å². The first-order chi connectivity index (χ1) is 11.2. The van der Waals surface area contributed by atoms with E-state index in [1.54, 1.807) is 12.1 Å². The lowest BCUT2D eigenvalue weighted by atomic mass is 10.1. The number of rotatable bonds is 5. The van der Waals surface area contributed by atoms with E-state index in [1.807, 2.05) is 23.6 Å². The molecule has 118 valence electrons. The molecule has 0 unspecified atom stereocenters. The maximum absolute atomic E-state index is 13.0. The molecule has 0 atom stereocenters. The molecule has 3 aromatic rings. The van der Waals surface area contributed by atoms with Gasteiger partial charge in [-0.1, -0.05) is 6.92 Å². The van der Waals surface area contributed by atoms with Crippen LogP contribution in [0, 0.1) is 5.82 Å². The van der Waals surface area contributed by atoms with Crippen LogP contribution in [0.3, 0.4) is 0 Å². The van der Waals surface area contributed by atoms with Gasteiger partial charge >= 0.3 is 0 Å². The molecule has 1 aromatic heterocycles. The molecule has 0 amide bonds. The summed E-state index contributed by atoms with van der Waals surface area (Å²) < 4.78 is 18.6. The number of hydrogen-bond donors (Lipinski definition) is 1. The molecular formula is C18H17FN2OS. The summed E-state index contributed by atoms with van der Waals surface area (Å²) in [4.78, 5) is 4.61. The molecule has 0 aliphatic rings. The van der Waals surface area contributed by atoms with Crippen LogP contribution >= 0.6 is 11.3 Å². The molecule has 0 saturated heterocycles. The zero-order valence-electron chi connectivity index (χ0n) is 12.8. The van der Waals surface area contributed by atoms with Crippen molar-refractivity contribution in [2.45, 2.75) is 13.3 Å². The largest absolute Gasteiger partial charge is 0.491 e. The number of nitrogens with zero attached hydrogens (tertiary/aromatic N) is 1. The Labute approximate surface area is 138 Å². The Kier molecular flexibility index (Phi) is 4.57. The Morgan fingerprint density at radius 2 is 1.87 bits per heavy atom. The molecule has 0 aliphatic heterocycles. The lowest BCUT2D eigenvalue weighted by Gasteiger charge is -2.08. The van der Waals surface area contributed by atoms with E-state index in [0.29, 0.717) is 18.0 Å². The van der Waals surface area contributed by atoms with Crippen LogP contribution in [0.4, 0.5) is 10.1 Å². The molecule has 3 rings (SSSR count). The molecular weight excluding hydrogens is 311 g/mol. The second-order valence-corrected chi connectivity index (χ2v) is 6.00. The monoisotopic (exact) mass is 328 g/mol. The normalized spacial score (nSPS) is 10.7. The molecule has 0 radical (unpaired) electrons. The summed E-state index contributed by atoms with van der Waals surface area (Å²) in [6.07, 6.45) is 0.939. The van der Waals surface area contributed by atoms with Crippen LogP contribution in [0.1, 0.15) is 13.3 Å². The van der Waals surface area contributed by atoms with Crippen molar-refractivity contribution in [1.82, 2.24) is 4.98 Å². The van der Waals surface area contributed by atoms with Crippen molar-refractivity contribution in [3.05, 3.63) is 53.7 Å². The fourth-order valence-corrected chi connectivity index (χ4v) is 3.01. The number of anilines is 1. The van der Waals surface area contributed by atoms with E-state index in [1.165, 1.54) is 23.5 Å². The van der Waals surface area contributed by atoms with Crippen LogP contribution in [-0.2, 0) is 0 Å². The molecule has 0 saturated carbocycles. The van der Waals surface area contributed by atoms with Crippen molar-refractivity contribution in [1.29, 1.82) is 0 Å². The molecule has 0 fully saturated rings. The third kappa shape index (κ3) is 3.51. The maximum atomic E-state index is 13.0. The van der Waals surface area contributed by atoms with Crippen LogP contribution in [-0.4, -0.2) is 11.6 Å². The Hall–Kier alpha value is -2.40. The number of benzene rings is 2. The van der Waals surface area contributed by atoms with Crippen LogP contribution < -0.4 is 10.5 Å². The Bertz CT molecular complexity index is 799. The molecule has 5 heteroatoms. The van der Waals surface area contributed by atoms with E-state index >= 15 is 0 Å². The van der Waals surface area contributed by atoms with Crippen molar-refractivity contribution in [2.75, 3.05) is 12.3 Å². The highest BCUT2D eigenvalue weighted by Crippen LogP contribution is 2.32. The fraction of sp³-hybridized carbons (Fsp3) is 0.167. The van der Waals surface area contributed by atoms with Gasteiger partial charge in [0.1, 0.15) is 16.6 Å². The zero-order valence-corrected chi connectivity index (χ0v) is 13.6. The quantitative estimate of drug-likeness (QED) is 0.671. The van der Waals surface area contributed by atoms with E-state index in [2.05, 4.69) is 11.9 Å². The van der Waals surface area contributed by atoms with E-state index in [-0.39, 0.29) is 5.82 Å². The number of nitrogen functional groups attached to an aromatic ring is 1. The molecule has 0 spiro atoms. The highest BCUT2D eigenvalue weighted by atomic mass is 32.1. The summed E-state index contributed by atoms with van der Waals surface area (Å²) in [5.41, 5.74) is 9.32. The van der Waals surface area contributed by atoms with E-state index in [4.69, 9.17) is 10.5 Å². The topological polar surface area (TPSA) is 48.1 Å². The van der Waals surface area contributed by atoms with Crippen molar-refractivity contribution >= 4 is 17.0 Å². The summed E-state index contributed by atoms with van der Waals surface area (Å²) in [6, 6.07) is 12.0. The Morgan fingerprint density at radius 1 is 1.13 bits per heavy atom. The number of aromatic nitrogens is 1. The Balaban J connectivity index is 1.85. The summed E-state index contributed by atoms with van der Waals surface area (Å²) in [6.45, 7) is 2.70. The first-order valence-corrected chi connectivity index (χ1v) is 8.29. The molecule has 23 heavy (non-hydrogen) atoms. The SMILES string of the molecule is CCCOc1ccc(-c2nc(-c3ccc(F)cc3)cs2)cc1N. The number of ether oxygens (including phenoxy) is 1. The van der Waals surface area contributed by atoms with Crippen LogP contribution in [0.25, 0.3) is 21.8 Å². The van der Waals surface area contributed by atoms with E-state index in [0.717, 1.165) is 28.2 Å². The Morgan fingerprint density at radius 3 is 2.57 bits per heavy atom. The van der Waals surface area contributed by atoms with Gasteiger partial charge in [-0.15, -0.1) is 11.3 Å². The van der Waals surface area contributed by atoms with Gasteiger partial charge < -0.3 is 10.5 Å². The third-order valence-electron chi connectivity index (χ3n) is 3.36. The van der Waals surface area contributed by atoms with Gasteiger partial charge in [-0.3, -0.25) is 0 Å². The maximum Gasteiger partial charge on any atom is 0.142 e. The van der Waals surface area contributed by atoms with Gasteiger partial charge in [0.25, 0.3) is 0 Å². The van der Waals surface area contributed by atoms with Crippen LogP contribution in [0.15, 0.2) is 47.8 Å². The average molecular weight is 328 g/mol. The van der Waals surface area contributed by atoms with Gasteiger partial charge in [-0.25, -0.2) is 9.37 Å². The van der Waals surface area contributed by atoms with Crippen LogP contribution in [0.5, 0.6) is 5.75 Å². The first kappa shape index (κ1) is 15.5. The summed E-state index contributed by atoms with van der Waals surface area (Å²) in [5, 5.41) is 2.83. The lowest BCUT2D eigenvalue weighted by Crippen LogP contribution is -1.99. The highest BCUT2D eigenvalue weighted by molar-refractivity contribution is 7.13. The van der Waals surface area contributed by atoms with Crippen molar-refractivity contribution in [2.24, 2.45) is 0 Å². The first-order valence-electron chi connectivity index (χ1n) is 7.41. The van der Waals surface area contributed by atoms with Gasteiger partial charge in [0.15, 0.2) is 0 Å². The van der Waals surface area contributed by atoms with Crippen molar-refractivity contribution in [3.8, 4) is 27.6 Å². The van der Waals surface area contributed by atoms with E-state index in [9.17, 15) is 4.39 Å². The molecule has 3 nitrogen and oxygen atoms in total. The summed E-state index contributed by atoms with van der Waals surface area (Å²) in [5.74, 6) is 0.450. The number of hydrogen-bond acceptors (Lipinski definition) is 4. The number of thiazole rings is 1. The van der Waals surface area contributed by atoms with Gasteiger partial charge in [-0.2, -0.15) is 0 Å². The second-order valence-electron chi connectivity index (χ2n) is 5.15. The predicted molar refractivity (Wildman–Crippen MR) is 93.1 cm³/mol. The lowest BCUT2D eigenvalue weighted by molar-refractivity contribution is 0.319. The van der Waals surface area contributed by atoms with E-state index < -0.39 is 0 Å². The fourth-order valence-electron chi connectivity index (χ4n) is 2.18. The minimum absolute atomic E-state index is 0.250. The zero-order chi connectivity index (χ0) is 16.2. The predicted octanol–water partition coefficient (Wildman–Crippen LogP) is 4.99. The molecule has 0 aliphatic carbocycles. The van der Waals surface area contributed by atoms with Crippen molar-refractivity contribution < 1.29 is 9.13 Å². The third-order valence-corrected chi connectivity index (χ3v) is 4.25. The minimum atomic E-state index is -0.250. The number of nitrogens with two attached hydrogens (primary N) is 1. The molecule has 2 N–H and O–H groups in total. The van der Waals surface area contributed by atoms with Gasteiger partial charge in [0.05, 0.1) is 18.0 Å². The second kappa shape index (κ2) is 6.79. The summed E-state index contributed by atoms with van der Waals surface area (Å²) >= 11 is 1.53. The summed E-state index contributed by atoms with van der Waals surface area (Å²) in [7, 11) is 0. The molecule has 1 heterocycles. The van der Waals surface area contributed by atoms with Gasteiger partial charge in [0, 0.05) is 16.5 Å². The van der Waals surface area contributed by atoms with Gasteiger partial charge in [0.2, 0.25) is 0 Å².